The van der Waals surface area contributed by atoms with Crippen molar-refractivity contribution in [1.82, 2.24) is 4.90 Å². The van der Waals surface area contributed by atoms with Crippen LogP contribution in [0, 0.1) is 5.92 Å². The van der Waals surface area contributed by atoms with Crippen LogP contribution in [-0.4, -0.2) is 68.7 Å². The first-order chi connectivity index (χ1) is 25.1. The van der Waals surface area contributed by atoms with E-state index in [4.69, 9.17) is 9.47 Å². The Balaban J connectivity index is 1.24. The Hall–Kier alpha value is -4.77. The quantitative estimate of drug-likeness (QED) is 0.151. The lowest BCUT2D eigenvalue weighted by Crippen LogP contribution is -2.52. The SMILES string of the molecule is COc1ccc([Si](C)(C)[C@@H]2[C@@H](CC(=O)N(CCO)Cc3ccccc3)O[C@]3(C(=O)N(Cc4ccc(N5CCC5=O)cc4)c4ccccc43)[C@H]2C)cc1. The molecule has 3 amide bonds. The molecule has 0 unspecified atom stereocenters. The topological polar surface area (TPSA) is 99.6 Å². The van der Waals surface area contributed by atoms with Crippen LogP contribution in [0.5, 0.6) is 5.75 Å². The third-order valence-electron chi connectivity index (χ3n) is 11.5. The summed E-state index contributed by atoms with van der Waals surface area (Å²) in [7, 11) is -0.815. The van der Waals surface area contributed by atoms with E-state index < -0.39 is 19.8 Å². The summed E-state index contributed by atoms with van der Waals surface area (Å²) >= 11 is 0. The van der Waals surface area contributed by atoms with Crippen molar-refractivity contribution in [3.63, 3.8) is 0 Å². The van der Waals surface area contributed by atoms with Gasteiger partial charge in [-0.25, -0.2) is 0 Å². The van der Waals surface area contributed by atoms with Gasteiger partial charge in [-0.1, -0.05) is 98.0 Å². The first-order valence-electron chi connectivity index (χ1n) is 18.1. The van der Waals surface area contributed by atoms with E-state index in [0.717, 1.165) is 40.4 Å². The molecule has 4 aromatic carbocycles. The fourth-order valence-electron chi connectivity index (χ4n) is 8.69. The number of β-lactam (4-membered cyclic amide) rings is 1. The van der Waals surface area contributed by atoms with Crippen LogP contribution in [0.1, 0.15) is 36.5 Å². The predicted molar refractivity (Wildman–Crippen MR) is 204 cm³/mol. The fraction of sp³-hybridized carbons (Fsp3) is 0.357. The molecule has 3 aliphatic rings. The molecule has 52 heavy (non-hydrogen) atoms. The Morgan fingerprint density at radius 2 is 1.63 bits per heavy atom. The number of fused-ring (bicyclic) bond motifs is 2. The molecule has 0 aromatic heterocycles. The minimum atomic E-state index is -2.47. The van der Waals surface area contributed by atoms with Gasteiger partial charge in [0.05, 0.1) is 46.5 Å². The molecule has 1 spiro atoms. The molecule has 4 atom stereocenters. The summed E-state index contributed by atoms with van der Waals surface area (Å²) < 4.78 is 12.7. The van der Waals surface area contributed by atoms with Crippen molar-refractivity contribution in [2.75, 3.05) is 36.6 Å². The van der Waals surface area contributed by atoms with E-state index in [1.807, 2.05) is 95.9 Å². The van der Waals surface area contributed by atoms with Gasteiger partial charge in [0, 0.05) is 43.2 Å². The van der Waals surface area contributed by atoms with Gasteiger partial charge in [0.25, 0.3) is 5.91 Å². The number of amides is 3. The van der Waals surface area contributed by atoms with Crippen molar-refractivity contribution in [3.05, 3.63) is 120 Å². The molecule has 10 heteroatoms. The zero-order valence-corrected chi connectivity index (χ0v) is 31.3. The fourth-order valence-corrected chi connectivity index (χ4v) is 12.7. The van der Waals surface area contributed by atoms with E-state index in [1.165, 1.54) is 5.19 Å². The highest BCUT2D eigenvalue weighted by molar-refractivity contribution is 6.91. The molecule has 0 bridgehead atoms. The van der Waals surface area contributed by atoms with Crippen molar-refractivity contribution in [2.24, 2.45) is 5.92 Å². The van der Waals surface area contributed by atoms with Crippen molar-refractivity contribution in [1.29, 1.82) is 0 Å². The van der Waals surface area contributed by atoms with E-state index in [-0.39, 0.29) is 48.8 Å². The van der Waals surface area contributed by atoms with Gasteiger partial charge in [-0.2, -0.15) is 0 Å². The first kappa shape index (κ1) is 35.6. The van der Waals surface area contributed by atoms with E-state index >= 15 is 4.79 Å². The van der Waals surface area contributed by atoms with E-state index in [9.17, 15) is 14.7 Å². The third-order valence-corrected chi connectivity index (χ3v) is 15.9. The van der Waals surface area contributed by atoms with Crippen LogP contribution < -0.4 is 19.7 Å². The summed E-state index contributed by atoms with van der Waals surface area (Å²) in [4.78, 5) is 46.7. The van der Waals surface area contributed by atoms with Gasteiger partial charge in [-0.3, -0.25) is 14.4 Å². The summed E-state index contributed by atoms with van der Waals surface area (Å²) in [6.45, 7) is 8.21. The monoisotopic (exact) mass is 717 g/mol. The average Bonchev–Trinajstić information content (AvgIpc) is 3.58. The smallest absolute Gasteiger partial charge is 0.264 e. The minimum absolute atomic E-state index is 0.0856. The molecular formula is C42H47N3O6Si. The number of hydrogen-bond acceptors (Lipinski definition) is 6. The second-order valence-electron chi connectivity index (χ2n) is 14.8. The third kappa shape index (κ3) is 6.22. The number of methoxy groups -OCH3 is 1. The summed E-state index contributed by atoms with van der Waals surface area (Å²) in [5, 5.41) is 11.2. The van der Waals surface area contributed by atoms with Gasteiger partial charge < -0.3 is 29.3 Å². The molecule has 9 nitrogen and oxygen atoms in total. The molecule has 2 fully saturated rings. The molecule has 1 N–H and O–H groups in total. The number of rotatable bonds is 12. The van der Waals surface area contributed by atoms with Crippen molar-refractivity contribution in [3.8, 4) is 5.75 Å². The molecule has 7 rings (SSSR count). The minimum Gasteiger partial charge on any atom is -0.497 e. The number of carbonyl (C=O) groups is 3. The highest BCUT2D eigenvalue weighted by Gasteiger charge is 2.66. The maximum absolute atomic E-state index is 15.1. The second-order valence-corrected chi connectivity index (χ2v) is 19.4. The second kappa shape index (κ2) is 14.3. The lowest BCUT2D eigenvalue weighted by molar-refractivity contribution is -0.150. The van der Waals surface area contributed by atoms with Crippen LogP contribution in [-0.2, 0) is 37.8 Å². The average molecular weight is 718 g/mol. The predicted octanol–water partition coefficient (Wildman–Crippen LogP) is 5.61. The molecule has 4 aromatic rings. The Labute approximate surface area is 306 Å². The van der Waals surface area contributed by atoms with Crippen LogP contribution >= 0.6 is 0 Å². The van der Waals surface area contributed by atoms with Crippen LogP contribution in [0.3, 0.4) is 0 Å². The summed E-state index contributed by atoms with van der Waals surface area (Å²) in [5.41, 5.74) is 3.02. The molecule has 2 saturated heterocycles. The molecule has 3 aliphatic heterocycles. The van der Waals surface area contributed by atoms with E-state index in [2.05, 4.69) is 32.2 Å². The normalized spacial score (nSPS) is 22.4. The number of benzene rings is 4. The number of nitrogens with zero attached hydrogens (tertiary/aromatic N) is 3. The Morgan fingerprint density at radius 1 is 0.942 bits per heavy atom. The number of aliphatic hydroxyl groups excluding tert-OH is 1. The maximum atomic E-state index is 15.1. The van der Waals surface area contributed by atoms with E-state index in [0.29, 0.717) is 19.5 Å². The number of ether oxygens (including phenoxy) is 2. The number of aliphatic hydroxyl groups is 1. The highest BCUT2D eigenvalue weighted by atomic mass is 28.3. The molecule has 0 radical (unpaired) electrons. The Morgan fingerprint density at radius 3 is 2.27 bits per heavy atom. The number of para-hydroxylation sites is 1. The summed E-state index contributed by atoms with van der Waals surface area (Å²) in [6, 6.07) is 33.7. The van der Waals surface area contributed by atoms with Gasteiger partial charge in [-0.15, -0.1) is 0 Å². The van der Waals surface area contributed by atoms with Gasteiger partial charge in [0.1, 0.15) is 5.75 Å². The van der Waals surface area contributed by atoms with Crippen LogP contribution in [0.15, 0.2) is 103 Å². The first-order valence-corrected chi connectivity index (χ1v) is 21.2. The standard InChI is InChI=1S/C42H47N3O6Si/c1-29-40(52(3,4)34-20-18-33(50-2)19-21-34)37(26-39(48)43(24-25-46)27-30-10-6-5-7-11-30)51-42(29)35-12-8-9-13-36(35)45(41(42)49)28-31-14-16-32(17-15-31)44-23-22-38(44)47/h5-21,29,37,40,46H,22-28H2,1-4H3/t29-,37+,40-,42+/m0/s1. The van der Waals surface area contributed by atoms with Crippen LogP contribution in [0.2, 0.25) is 18.6 Å². The van der Waals surface area contributed by atoms with Gasteiger partial charge in [0.15, 0.2) is 5.60 Å². The number of anilines is 2. The number of carbonyl (C=O) groups excluding carboxylic acids is 3. The molecule has 0 aliphatic carbocycles. The molecular weight excluding hydrogens is 671 g/mol. The van der Waals surface area contributed by atoms with Crippen LogP contribution in [0.4, 0.5) is 11.4 Å². The molecule has 270 valence electrons. The Bertz CT molecular complexity index is 1940. The van der Waals surface area contributed by atoms with Crippen molar-refractivity contribution in [2.45, 2.75) is 63.2 Å². The summed E-state index contributed by atoms with van der Waals surface area (Å²) in [6.07, 6.45) is 0.107. The Kier molecular flexibility index (Phi) is 9.82. The largest absolute Gasteiger partial charge is 0.497 e. The molecule has 3 heterocycles. The molecule has 0 saturated carbocycles. The number of hydrogen-bond donors (Lipinski definition) is 1. The van der Waals surface area contributed by atoms with Crippen molar-refractivity contribution < 1.29 is 29.0 Å². The van der Waals surface area contributed by atoms with Gasteiger partial charge in [0.2, 0.25) is 11.8 Å². The lowest BCUT2D eigenvalue weighted by atomic mass is 9.82. The van der Waals surface area contributed by atoms with Crippen LogP contribution in [0.25, 0.3) is 0 Å². The van der Waals surface area contributed by atoms with Gasteiger partial charge in [-0.05, 0) is 47.0 Å². The zero-order chi connectivity index (χ0) is 36.6. The zero-order valence-electron chi connectivity index (χ0n) is 30.3. The maximum Gasteiger partial charge on any atom is 0.264 e. The van der Waals surface area contributed by atoms with E-state index in [1.54, 1.807) is 16.9 Å². The van der Waals surface area contributed by atoms with Crippen molar-refractivity contribution >= 4 is 42.4 Å². The summed E-state index contributed by atoms with van der Waals surface area (Å²) in [5.74, 6) is 0.391. The highest BCUT2D eigenvalue weighted by Crippen LogP contribution is 2.60. The van der Waals surface area contributed by atoms with Gasteiger partial charge >= 0.3 is 0 Å². The lowest BCUT2D eigenvalue weighted by Gasteiger charge is -2.37.